The summed E-state index contributed by atoms with van der Waals surface area (Å²) in [7, 11) is 0. The van der Waals surface area contributed by atoms with Gasteiger partial charge in [-0.2, -0.15) is 0 Å². The molecule has 1 aliphatic rings. The van der Waals surface area contributed by atoms with Crippen molar-refractivity contribution in [1.29, 1.82) is 0 Å². The molecule has 1 aromatic rings. The lowest BCUT2D eigenvalue weighted by Gasteiger charge is -2.19. The number of nitrogens with zero attached hydrogens (tertiary/aromatic N) is 2. The standard InChI is InChI=1S/C12H16N2O4/c1-7(6-9(15)16)11-13-10(12(17)18)8-4-2-3-5-14(8)11/h7H,2-6H2,1H3,(H,15,16)(H,17,18). The van der Waals surface area contributed by atoms with Gasteiger partial charge in [-0.25, -0.2) is 9.78 Å². The van der Waals surface area contributed by atoms with Gasteiger partial charge in [0.1, 0.15) is 5.82 Å². The molecule has 0 radical (unpaired) electrons. The predicted molar refractivity (Wildman–Crippen MR) is 62.8 cm³/mol. The van der Waals surface area contributed by atoms with Gasteiger partial charge in [0.25, 0.3) is 0 Å². The third-order valence-electron chi connectivity index (χ3n) is 3.27. The minimum Gasteiger partial charge on any atom is -0.481 e. The number of hydrogen-bond donors (Lipinski definition) is 2. The monoisotopic (exact) mass is 252 g/mol. The lowest BCUT2D eigenvalue weighted by Crippen LogP contribution is -2.16. The van der Waals surface area contributed by atoms with E-state index in [0.717, 1.165) is 25.1 Å². The van der Waals surface area contributed by atoms with Gasteiger partial charge in [-0.3, -0.25) is 4.79 Å². The van der Waals surface area contributed by atoms with Crippen molar-refractivity contribution in [2.75, 3.05) is 0 Å². The number of rotatable bonds is 4. The molecule has 0 spiro atoms. The summed E-state index contributed by atoms with van der Waals surface area (Å²) in [6.07, 6.45) is 2.61. The highest BCUT2D eigenvalue weighted by atomic mass is 16.4. The van der Waals surface area contributed by atoms with Crippen LogP contribution < -0.4 is 0 Å². The van der Waals surface area contributed by atoms with Crippen LogP contribution in [0.2, 0.25) is 0 Å². The summed E-state index contributed by atoms with van der Waals surface area (Å²) < 4.78 is 1.89. The van der Waals surface area contributed by atoms with Gasteiger partial charge in [0.15, 0.2) is 5.69 Å². The largest absolute Gasteiger partial charge is 0.481 e. The van der Waals surface area contributed by atoms with Crippen LogP contribution in [0.15, 0.2) is 0 Å². The van der Waals surface area contributed by atoms with Gasteiger partial charge in [0, 0.05) is 12.5 Å². The second kappa shape index (κ2) is 4.80. The summed E-state index contributed by atoms with van der Waals surface area (Å²) in [6, 6.07) is 0. The lowest BCUT2D eigenvalue weighted by molar-refractivity contribution is -0.137. The first-order valence-electron chi connectivity index (χ1n) is 6.05. The molecule has 1 unspecified atom stereocenters. The molecule has 0 amide bonds. The van der Waals surface area contributed by atoms with E-state index in [0.29, 0.717) is 12.2 Å². The maximum absolute atomic E-state index is 11.1. The number of carboxylic acids is 2. The number of aromatic carboxylic acids is 1. The Hall–Kier alpha value is -1.85. The second-order valence-corrected chi connectivity index (χ2v) is 4.68. The highest BCUT2D eigenvalue weighted by Crippen LogP contribution is 2.26. The molecule has 1 atom stereocenters. The first-order chi connectivity index (χ1) is 8.50. The number of hydrogen-bond acceptors (Lipinski definition) is 3. The minimum absolute atomic E-state index is 0.0322. The quantitative estimate of drug-likeness (QED) is 0.847. The fourth-order valence-corrected chi connectivity index (χ4v) is 2.47. The number of fused-ring (bicyclic) bond motifs is 1. The van der Waals surface area contributed by atoms with Crippen LogP contribution in [0, 0.1) is 0 Å². The van der Waals surface area contributed by atoms with E-state index in [1.807, 2.05) is 4.57 Å². The molecular weight excluding hydrogens is 236 g/mol. The van der Waals surface area contributed by atoms with Crippen molar-refractivity contribution < 1.29 is 19.8 Å². The summed E-state index contributed by atoms with van der Waals surface area (Å²) >= 11 is 0. The molecule has 6 nitrogen and oxygen atoms in total. The first kappa shape index (κ1) is 12.6. The average molecular weight is 252 g/mol. The normalized spacial score (nSPS) is 16.1. The highest BCUT2D eigenvalue weighted by molar-refractivity contribution is 5.87. The molecule has 1 aromatic heterocycles. The van der Waals surface area contributed by atoms with Gasteiger partial charge in [-0.15, -0.1) is 0 Å². The van der Waals surface area contributed by atoms with Gasteiger partial charge >= 0.3 is 11.9 Å². The van der Waals surface area contributed by atoms with Crippen LogP contribution in [-0.2, 0) is 17.8 Å². The number of carbonyl (C=O) groups is 2. The zero-order valence-electron chi connectivity index (χ0n) is 10.2. The Morgan fingerprint density at radius 2 is 2.11 bits per heavy atom. The number of carboxylic acid groups (broad SMARTS) is 2. The zero-order chi connectivity index (χ0) is 13.3. The fourth-order valence-electron chi connectivity index (χ4n) is 2.47. The topological polar surface area (TPSA) is 92.4 Å². The fraction of sp³-hybridized carbons (Fsp3) is 0.583. The Morgan fingerprint density at radius 1 is 1.39 bits per heavy atom. The summed E-state index contributed by atoms with van der Waals surface area (Å²) in [5.74, 6) is -1.61. The van der Waals surface area contributed by atoms with Crippen LogP contribution >= 0.6 is 0 Å². The molecule has 0 bridgehead atoms. The van der Waals surface area contributed by atoms with E-state index in [9.17, 15) is 9.59 Å². The van der Waals surface area contributed by atoms with Gasteiger partial charge in [0.05, 0.1) is 12.1 Å². The van der Waals surface area contributed by atoms with Crippen molar-refractivity contribution >= 4 is 11.9 Å². The van der Waals surface area contributed by atoms with Crippen LogP contribution in [-0.4, -0.2) is 31.7 Å². The van der Waals surface area contributed by atoms with Crippen molar-refractivity contribution in [2.45, 2.75) is 45.1 Å². The molecule has 2 heterocycles. The summed E-state index contributed by atoms with van der Waals surface area (Å²) in [5, 5.41) is 17.9. The van der Waals surface area contributed by atoms with Gasteiger partial charge < -0.3 is 14.8 Å². The average Bonchev–Trinajstić information content (AvgIpc) is 2.67. The van der Waals surface area contributed by atoms with E-state index in [-0.39, 0.29) is 18.0 Å². The molecule has 0 aromatic carbocycles. The predicted octanol–water partition coefficient (Wildman–Crippen LogP) is 1.50. The van der Waals surface area contributed by atoms with Crippen molar-refractivity contribution in [2.24, 2.45) is 0 Å². The molecule has 0 saturated carbocycles. The van der Waals surface area contributed by atoms with Crippen molar-refractivity contribution in [3.8, 4) is 0 Å². The Labute approximate surface area is 104 Å². The Morgan fingerprint density at radius 3 is 2.72 bits per heavy atom. The number of aromatic nitrogens is 2. The molecule has 2 N–H and O–H groups in total. The van der Waals surface area contributed by atoms with Gasteiger partial charge in [0.2, 0.25) is 0 Å². The molecule has 2 rings (SSSR count). The number of imidazole rings is 1. The molecule has 98 valence electrons. The molecule has 18 heavy (non-hydrogen) atoms. The van der Waals surface area contributed by atoms with Gasteiger partial charge in [-0.05, 0) is 19.3 Å². The summed E-state index contributed by atoms with van der Waals surface area (Å²) in [5.41, 5.74) is 0.822. The molecular formula is C12H16N2O4. The second-order valence-electron chi connectivity index (χ2n) is 4.68. The highest BCUT2D eigenvalue weighted by Gasteiger charge is 2.27. The summed E-state index contributed by atoms with van der Waals surface area (Å²) in [4.78, 5) is 26.0. The first-order valence-corrected chi connectivity index (χ1v) is 6.05. The molecule has 6 heteroatoms. The van der Waals surface area contributed by atoms with Crippen molar-refractivity contribution in [3.05, 3.63) is 17.2 Å². The Kier molecular flexibility index (Phi) is 3.36. The maximum Gasteiger partial charge on any atom is 0.356 e. The van der Waals surface area contributed by atoms with Crippen LogP contribution in [0.4, 0.5) is 0 Å². The molecule has 1 aliphatic heterocycles. The van der Waals surface area contributed by atoms with Crippen molar-refractivity contribution in [3.63, 3.8) is 0 Å². The van der Waals surface area contributed by atoms with E-state index in [1.165, 1.54) is 0 Å². The zero-order valence-corrected chi connectivity index (χ0v) is 10.2. The SMILES string of the molecule is CC(CC(=O)O)c1nc(C(=O)O)c2n1CCCC2. The van der Waals surface area contributed by atoms with E-state index < -0.39 is 11.9 Å². The van der Waals surface area contributed by atoms with Crippen molar-refractivity contribution in [1.82, 2.24) is 9.55 Å². The maximum atomic E-state index is 11.1. The Balaban J connectivity index is 2.41. The van der Waals surface area contributed by atoms with E-state index in [1.54, 1.807) is 6.92 Å². The van der Waals surface area contributed by atoms with E-state index in [2.05, 4.69) is 4.98 Å². The summed E-state index contributed by atoms with van der Waals surface area (Å²) in [6.45, 7) is 2.50. The van der Waals surface area contributed by atoms with E-state index >= 15 is 0 Å². The Bertz CT molecular complexity index is 493. The third-order valence-corrected chi connectivity index (χ3v) is 3.27. The van der Waals surface area contributed by atoms with Crippen LogP contribution in [0.25, 0.3) is 0 Å². The molecule has 0 saturated heterocycles. The van der Waals surface area contributed by atoms with Crippen LogP contribution in [0.1, 0.15) is 54.1 Å². The minimum atomic E-state index is -1.03. The molecule has 0 fully saturated rings. The van der Waals surface area contributed by atoms with E-state index in [4.69, 9.17) is 10.2 Å². The molecule has 0 aliphatic carbocycles. The lowest BCUT2D eigenvalue weighted by atomic mass is 10.1. The third kappa shape index (κ3) is 2.23. The van der Waals surface area contributed by atoms with Gasteiger partial charge in [-0.1, -0.05) is 6.92 Å². The van der Waals surface area contributed by atoms with Crippen LogP contribution in [0.5, 0.6) is 0 Å². The smallest absolute Gasteiger partial charge is 0.356 e. The number of aliphatic carboxylic acids is 1. The van der Waals surface area contributed by atoms with Crippen LogP contribution in [0.3, 0.4) is 0 Å².